The summed E-state index contributed by atoms with van der Waals surface area (Å²) < 4.78 is 40.0. The van der Waals surface area contributed by atoms with E-state index in [4.69, 9.17) is 0 Å². The number of rotatable bonds is 4. The van der Waals surface area contributed by atoms with Gasteiger partial charge in [0.15, 0.2) is 0 Å². The van der Waals surface area contributed by atoms with Crippen molar-refractivity contribution in [2.45, 2.75) is 50.6 Å². The Morgan fingerprint density at radius 3 is 2.29 bits per heavy atom. The van der Waals surface area contributed by atoms with E-state index in [1.807, 2.05) is 0 Å². The summed E-state index contributed by atoms with van der Waals surface area (Å²) in [6.07, 6.45) is 0.145. The fourth-order valence-corrected chi connectivity index (χ4v) is 3.56. The average molecular weight is 365 g/mol. The lowest BCUT2D eigenvalue weighted by atomic mass is 9.89. The summed E-state index contributed by atoms with van der Waals surface area (Å²) in [6, 6.07) is 6.26. The number of alkyl halides is 3. The molecule has 2 unspecified atom stereocenters. The van der Waals surface area contributed by atoms with Crippen LogP contribution in [0.25, 0.3) is 0 Å². The number of benzene rings is 1. The van der Waals surface area contributed by atoms with Crippen molar-refractivity contribution in [3.05, 3.63) is 24.3 Å². The topological polar surface area (TPSA) is 50.4 Å². The molecule has 0 saturated carbocycles. The zero-order valence-electron chi connectivity index (χ0n) is 12.9. The quantitative estimate of drug-likeness (QED) is 0.852. The molecule has 3 rings (SSSR count). The summed E-state index contributed by atoms with van der Waals surface area (Å²) in [7, 11) is 0. The minimum Gasteiger partial charge on any atom is -0.406 e. The van der Waals surface area contributed by atoms with Crippen molar-refractivity contribution in [1.82, 2.24) is 5.32 Å². The van der Waals surface area contributed by atoms with Gasteiger partial charge in [0.25, 0.3) is 0 Å². The molecular weight excluding hydrogens is 345 g/mol. The van der Waals surface area contributed by atoms with E-state index in [2.05, 4.69) is 15.4 Å². The number of fused-ring (bicyclic) bond motifs is 2. The average Bonchev–Trinajstić information content (AvgIpc) is 2.78. The van der Waals surface area contributed by atoms with Crippen LogP contribution in [0.4, 0.5) is 18.9 Å². The minimum atomic E-state index is -4.71. The molecule has 8 heteroatoms. The number of halogens is 4. The van der Waals surface area contributed by atoms with Gasteiger partial charge in [0, 0.05) is 24.2 Å². The van der Waals surface area contributed by atoms with Crippen LogP contribution in [0.3, 0.4) is 0 Å². The van der Waals surface area contributed by atoms with Crippen molar-refractivity contribution in [2.24, 2.45) is 5.92 Å². The maximum atomic E-state index is 12.1. The highest BCUT2D eigenvalue weighted by atomic mass is 35.5. The Kier molecular flexibility index (Phi) is 5.98. The molecule has 0 aliphatic carbocycles. The van der Waals surface area contributed by atoms with E-state index in [0.29, 0.717) is 30.1 Å². The Hall–Kier alpha value is -1.47. The molecule has 2 aliphatic heterocycles. The number of nitrogens with one attached hydrogen (secondary N) is 2. The summed E-state index contributed by atoms with van der Waals surface area (Å²) in [5, 5.41) is 6.26. The van der Waals surface area contributed by atoms with Crippen molar-refractivity contribution >= 4 is 24.0 Å². The van der Waals surface area contributed by atoms with Crippen LogP contribution >= 0.6 is 12.4 Å². The maximum absolute atomic E-state index is 12.1. The highest BCUT2D eigenvalue weighted by Crippen LogP contribution is 2.33. The Balaban J connectivity index is 0.00000208. The van der Waals surface area contributed by atoms with E-state index in [9.17, 15) is 18.0 Å². The fraction of sp³-hybridized carbons (Fsp3) is 0.562. The second-order valence-corrected chi connectivity index (χ2v) is 6.30. The first-order valence-electron chi connectivity index (χ1n) is 7.79. The molecule has 4 nitrogen and oxygen atoms in total. The van der Waals surface area contributed by atoms with Gasteiger partial charge in [-0.15, -0.1) is 25.6 Å². The Bertz CT molecular complexity index is 553. The van der Waals surface area contributed by atoms with Gasteiger partial charge in [-0.05, 0) is 55.9 Å². The molecule has 2 bridgehead atoms. The minimum absolute atomic E-state index is 0. The zero-order valence-corrected chi connectivity index (χ0v) is 13.8. The highest BCUT2D eigenvalue weighted by Gasteiger charge is 2.34. The molecule has 134 valence electrons. The molecule has 2 heterocycles. The van der Waals surface area contributed by atoms with Gasteiger partial charge in [-0.1, -0.05) is 0 Å². The molecule has 1 amide bonds. The summed E-state index contributed by atoms with van der Waals surface area (Å²) >= 11 is 0. The standard InChI is InChI=1S/C16H19F3N2O2.ClH/c17-16(18,19)23-14-5-3-11(4-6-14)21-15(22)9-10-7-12-1-2-13(8-10)20-12;/h3-6,10,12-13,20H,1-2,7-9H2,(H,21,22);1H. The second-order valence-electron chi connectivity index (χ2n) is 6.30. The van der Waals surface area contributed by atoms with Gasteiger partial charge in [-0.3, -0.25) is 4.79 Å². The third-order valence-corrected chi connectivity index (χ3v) is 4.42. The third kappa shape index (κ3) is 5.27. The van der Waals surface area contributed by atoms with E-state index in [-0.39, 0.29) is 24.1 Å². The highest BCUT2D eigenvalue weighted by molar-refractivity contribution is 5.90. The lowest BCUT2D eigenvalue weighted by Gasteiger charge is -2.28. The number of hydrogen-bond donors (Lipinski definition) is 2. The Morgan fingerprint density at radius 2 is 1.75 bits per heavy atom. The lowest BCUT2D eigenvalue weighted by molar-refractivity contribution is -0.274. The van der Waals surface area contributed by atoms with Gasteiger partial charge in [0.05, 0.1) is 0 Å². The monoisotopic (exact) mass is 364 g/mol. The molecule has 24 heavy (non-hydrogen) atoms. The van der Waals surface area contributed by atoms with E-state index >= 15 is 0 Å². The molecule has 2 aliphatic rings. The maximum Gasteiger partial charge on any atom is 0.573 e. The zero-order chi connectivity index (χ0) is 16.4. The van der Waals surface area contributed by atoms with Gasteiger partial charge < -0.3 is 15.4 Å². The van der Waals surface area contributed by atoms with Gasteiger partial charge in [-0.25, -0.2) is 0 Å². The second kappa shape index (κ2) is 7.61. The first-order valence-corrected chi connectivity index (χ1v) is 7.79. The fourth-order valence-electron chi connectivity index (χ4n) is 3.56. The summed E-state index contributed by atoms with van der Waals surface area (Å²) in [5.41, 5.74) is 0.474. The first kappa shape index (κ1) is 18.9. The van der Waals surface area contributed by atoms with Crippen LogP contribution in [0.5, 0.6) is 5.75 Å². The molecule has 2 atom stereocenters. The van der Waals surface area contributed by atoms with Crippen LogP contribution in [0.1, 0.15) is 32.1 Å². The molecule has 2 N–H and O–H groups in total. The Morgan fingerprint density at radius 1 is 1.17 bits per heavy atom. The summed E-state index contributed by atoms with van der Waals surface area (Å²) in [4.78, 5) is 12.1. The number of amides is 1. The predicted octanol–water partition coefficient (Wildman–Crippen LogP) is 3.87. The van der Waals surface area contributed by atoms with Crippen LogP contribution in [-0.4, -0.2) is 24.4 Å². The van der Waals surface area contributed by atoms with Gasteiger partial charge >= 0.3 is 6.36 Å². The van der Waals surface area contributed by atoms with E-state index in [1.54, 1.807) is 0 Å². The van der Waals surface area contributed by atoms with Gasteiger partial charge in [0.2, 0.25) is 5.91 Å². The predicted molar refractivity (Wildman–Crippen MR) is 86.3 cm³/mol. The molecule has 0 aromatic heterocycles. The van der Waals surface area contributed by atoms with Gasteiger partial charge in [0.1, 0.15) is 5.75 Å². The summed E-state index contributed by atoms with van der Waals surface area (Å²) in [5.74, 6) is -0.0206. The van der Waals surface area contributed by atoms with Crippen molar-refractivity contribution in [3.8, 4) is 5.75 Å². The lowest BCUT2D eigenvalue weighted by Crippen LogP contribution is -2.39. The molecular formula is C16H20ClF3N2O2. The number of carbonyl (C=O) groups excluding carboxylic acids is 1. The molecule has 1 aromatic carbocycles. The SMILES string of the molecule is Cl.O=C(CC1CC2CCC(C1)N2)Nc1ccc(OC(F)(F)F)cc1. The smallest absolute Gasteiger partial charge is 0.406 e. The number of carbonyl (C=O) groups is 1. The number of ether oxygens (including phenoxy) is 1. The van der Waals surface area contributed by atoms with Crippen LogP contribution in [-0.2, 0) is 4.79 Å². The van der Waals surface area contributed by atoms with Crippen LogP contribution in [0.15, 0.2) is 24.3 Å². The van der Waals surface area contributed by atoms with Gasteiger partial charge in [-0.2, -0.15) is 0 Å². The molecule has 2 fully saturated rings. The molecule has 2 saturated heterocycles. The number of hydrogen-bond acceptors (Lipinski definition) is 3. The first-order chi connectivity index (χ1) is 10.9. The number of anilines is 1. The normalized spacial score (nSPS) is 25.7. The van der Waals surface area contributed by atoms with Crippen molar-refractivity contribution in [3.63, 3.8) is 0 Å². The molecule has 1 aromatic rings. The van der Waals surface area contributed by atoms with Crippen molar-refractivity contribution < 1.29 is 22.7 Å². The van der Waals surface area contributed by atoms with Crippen molar-refractivity contribution in [2.75, 3.05) is 5.32 Å². The van der Waals surface area contributed by atoms with Crippen LogP contribution < -0.4 is 15.4 Å². The molecule has 0 radical (unpaired) electrons. The Labute approximate surface area is 144 Å². The van der Waals surface area contributed by atoms with Crippen LogP contribution in [0.2, 0.25) is 0 Å². The largest absolute Gasteiger partial charge is 0.573 e. The van der Waals surface area contributed by atoms with E-state index < -0.39 is 6.36 Å². The van der Waals surface area contributed by atoms with Crippen molar-refractivity contribution in [1.29, 1.82) is 0 Å². The molecule has 0 spiro atoms. The van der Waals surface area contributed by atoms with E-state index in [0.717, 1.165) is 12.8 Å². The number of piperidine rings is 1. The summed E-state index contributed by atoms with van der Waals surface area (Å²) in [6.45, 7) is 0. The van der Waals surface area contributed by atoms with Crippen LogP contribution in [0, 0.1) is 5.92 Å². The van der Waals surface area contributed by atoms with E-state index in [1.165, 1.54) is 37.1 Å². The third-order valence-electron chi connectivity index (χ3n) is 4.42.